The van der Waals surface area contributed by atoms with Gasteiger partial charge in [-0.3, -0.25) is 4.79 Å². The molecule has 8 heteroatoms. The molecule has 1 aromatic rings. The molecule has 1 aromatic carbocycles. The van der Waals surface area contributed by atoms with Gasteiger partial charge in [-0.15, -0.1) is 0 Å². The highest BCUT2D eigenvalue weighted by atomic mass is 35.5. The Bertz CT molecular complexity index is 648. The second-order valence-corrected chi connectivity index (χ2v) is 7.20. The summed E-state index contributed by atoms with van der Waals surface area (Å²) in [4.78, 5) is 12.2. The van der Waals surface area contributed by atoms with Gasteiger partial charge < -0.3 is 11.1 Å². The first-order valence-electron chi connectivity index (χ1n) is 6.68. The molecule has 0 heterocycles. The molecule has 6 nitrogen and oxygen atoms in total. The first-order valence-corrected chi connectivity index (χ1v) is 8.60. The van der Waals surface area contributed by atoms with Crippen LogP contribution in [-0.2, 0) is 14.8 Å². The summed E-state index contributed by atoms with van der Waals surface area (Å²) in [5.41, 5.74) is 6.19. The number of nitrogens with two attached hydrogens (primary N) is 2. The van der Waals surface area contributed by atoms with Gasteiger partial charge in [-0.05, 0) is 31.0 Å². The predicted octanol–water partition coefficient (Wildman–Crippen LogP) is 1.44. The smallest absolute Gasteiger partial charge is 0.238 e. The number of sulfonamides is 1. The zero-order chi connectivity index (χ0) is 15.6. The van der Waals surface area contributed by atoms with Crippen molar-refractivity contribution in [3.63, 3.8) is 0 Å². The molecule has 0 bridgehead atoms. The van der Waals surface area contributed by atoms with Crippen LogP contribution >= 0.6 is 11.6 Å². The number of amides is 1. The summed E-state index contributed by atoms with van der Waals surface area (Å²) in [6, 6.07) is 3.75. The number of hydrogen-bond acceptors (Lipinski definition) is 4. The molecule has 5 N–H and O–H groups in total. The van der Waals surface area contributed by atoms with Gasteiger partial charge in [-0.1, -0.05) is 24.4 Å². The van der Waals surface area contributed by atoms with Gasteiger partial charge in [0.05, 0.1) is 21.5 Å². The van der Waals surface area contributed by atoms with E-state index in [0.29, 0.717) is 0 Å². The summed E-state index contributed by atoms with van der Waals surface area (Å²) >= 11 is 5.98. The molecule has 0 radical (unpaired) electrons. The van der Waals surface area contributed by atoms with E-state index in [1.165, 1.54) is 18.2 Å². The zero-order valence-corrected chi connectivity index (χ0v) is 13.0. The summed E-state index contributed by atoms with van der Waals surface area (Å²) < 4.78 is 22.7. The van der Waals surface area contributed by atoms with Crippen LogP contribution in [-0.4, -0.2) is 20.4 Å². The molecule has 1 aliphatic carbocycles. The summed E-state index contributed by atoms with van der Waals surface area (Å²) in [5, 5.41) is 7.97. The highest BCUT2D eigenvalue weighted by Crippen LogP contribution is 2.28. The van der Waals surface area contributed by atoms with Crippen molar-refractivity contribution in [1.29, 1.82) is 0 Å². The van der Waals surface area contributed by atoms with Crippen molar-refractivity contribution in [2.24, 2.45) is 16.8 Å². The second kappa shape index (κ2) is 6.31. The Morgan fingerprint density at radius 3 is 2.57 bits per heavy atom. The number of hydrogen-bond donors (Lipinski definition) is 3. The number of nitrogens with one attached hydrogen (secondary N) is 1. The number of primary sulfonamides is 1. The van der Waals surface area contributed by atoms with Crippen LogP contribution < -0.4 is 16.2 Å². The Kier molecular flexibility index (Phi) is 4.88. The minimum Gasteiger partial charge on any atom is -0.327 e. The summed E-state index contributed by atoms with van der Waals surface area (Å²) in [7, 11) is -3.85. The largest absolute Gasteiger partial charge is 0.327 e. The lowest BCUT2D eigenvalue weighted by Crippen LogP contribution is -2.40. The van der Waals surface area contributed by atoms with Crippen molar-refractivity contribution in [3.05, 3.63) is 23.2 Å². The third kappa shape index (κ3) is 3.94. The van der Waals surface area contributed by atoms with E-state index in [1.54, 1.807) is 0 Å². The van der Waals surface area contributed by atoms with Gasteiger partial charge >= 0.3 is 0 Å². The molecule has 2 unspecified atom stereocenters. The number of carbonyl (C=O) groups excluding carboxylic acids is 1. The van der Waals surface area contributed by atoms with E-state index in [1.807, 2.05) is 0 Å². The molecule has 0 saturated heterocycles. The maximum Gasteiger partial charge on any atom is 0.238 e. The van der Waals surface area contributed by atoms with E-state index in [4.69, 9.17) is 22.5 Å². The molecule has 0 spiro atoms. The van der Waals surface area contributed by atoms with Crippen molar-refractivity contribution in [3.8, 4) is 0 Å². The number of benzene rings is 1. The average Bonchev–Trinajstić information content (AvgIpc) is 2.40. The van der Waals surface area contributed by atoms with Crippen molar-refractivity contribution in [2.75, 3.05) is 5.32 Å². The van der Waals surface area contributed by atoms with Crippen LogP contribution in [0.2, 0.25) is 5.02 Å². The zero-order valence-electron chi connectivity index (χ0n) is 11.4. The van der Waals surface area contributed by atoms with E-state index < -0.39 is 10.0 Å². The molecular weight excluding hydrogens is 314 g/mol. The number of halogens is 1. The van der Waals surface area contributed by atoms with Gasteiger partial charge in [0.2, 0.25) is 15.9 Å². The molecule has 21 heavy (non-hydrogen) atoms. The Hall–Kier alpha value is -1.15. The lowest BCUT2D eigenvalue weighted by Gasteiger charge is -2.27. The predicted molar refractivity (Wildman–Crippen MR) is 81.4 cm³/mol. The minimum absolute atomic E-state index is 0.102. The van der Waals surface area contributed by atoms with Crippen LogP contribution in [0, 0.1) is 5.92 Å². The van der Waals surface area contributed by atoms with Crippen LogP contribution in [0.15, 0.2) is 23.1 Å². The maximum absolute atomic E-state index is 12.3. The summed E-state index contributed by atoms with van der Waals surface area (Å²) in [5.74, 6) is -0.524. The lowest BCUT2D eigenvalue weighted by molar-refractivity contribution is -0.121. The second-order valence-electron chi connectivity index (χ2n) is 5.23. The number of anilines is 1. The molecular formula is C13H18ClN3O3S. The van der Waals surface area contributed by atoms with Crippen molar-refractivity contribution < 1.29 is 13.2 Å². The first-order chi connectivity index (χ1) is 9.79. The van der Waals surface area contributed by atoms with Gasteiger partial charge in [0, 0.05) is 6.04 Å². The number of carbonyl (C=O) groups is 1. The fourth-order valence-electron chi connectivity index (χ4n) is 2.49. The van der Waals surface area contributed by atoms with Crippen molar-refractivity contribution in [2.45, 2.75) is 36.6 Å². The topological polar surface area (TPSA) is 115 Å². The fraction of sp³-hybridized carbons (Fsp3) is 0.462. The first kappa shape index (κ1) is 16.2. The van der Waals surface area contributed by atoms with E-state index in [-0.39, 0.29) is 33.5 Å². The standard InChI is InChI=1S/C13H18ClN3O3S/c14-10-6-5-8(21(16,19)20)7-12(10)17-13(18)9-3-1-2-4-11(9)15/h5-7,9,11H,1-4,15H2,(H,17,18)(H2,16,19,20). The van der Waals surface area contributed by atoms with Crippen molar-refractivity contribution in [1.82, 2.24) is 0 Å². The summed E-state index contributed by atoms with van der Waals surface area (Å²) in [6.07, 6.45) is 3.51. The maximum atomic E-state index is 12.3. The Morgan fingerprint density at radius 2 is 1.95 bits per heavy atom. The molecule has 1 amide bonds. The van der Waals surface area contributed by atoms with Crippen LogP contribution in [0.4, 0.5) is 5.69 Å². The van der Waals surface area contributed by atoms with Crippen molar-refractivity contribution >= 4 is 33.2 Å². The van der Waals surface area contributed by atoms with Crippen LogP contribution in [0.1, 0.15) is 25.7 Å². The SMILES string of the molecule is NC1CCCCC1C(=O)Nc1cc(S(N)(=O)=O)ccc1Cl. The van der Waals surface area contributed by atoms with Gasteiger partial charge in [0.15, 0.2) is 0 Å². The monoisotopic (exact) mass is 331 g/mol. The number of rotatable bonds is 3. The average molecular weight is 332 g/mol. The lowest BCUT2D eigenvalue weighted by atomic mass is 9.84. The molecule has 1 saturated carbocycles. The quantitative estimate of drug-likeness (QED) is 0.777. The van der Waals surface area contributed by atoms with Crippen LogP contribution in [0.25, 0.3) is 0 Å². The normalized spacial score (nSPS) is 22.8. The molecule has 2 atom stereocenters. The van der Waals surface area contributed by atoms with Crippen LogP contribution in [0.3, 0.4) is 0 Å². The Morgan fingerprint density at radius 1 is 1.29 bits per heavy atom. The van der Waals surface area contributed by atoms with E-state index in [2.05, 4.69) is 5.32 Å². The third-order valence-electron chi connectivity index (χ3n) is 3.68. The highest BCUT2D eigenvalue weighted by molar-refractivity contribution is 7.89. The van der Waals surface area contributed by atoms with Gasteiger partial charge in [0.25, 0.3) is 0 Å². The molecule has 2 rings (SSSR count). The van der Waals surface area contributed by atoms with Gasteiger partial charge in [0.1, 0.15) is 0 Å². The fourth-order valence-corrected chi connectivity index (χ4v) is 3.19. The Balaban J connectivity index is 2.20. The Labute approximate surface area is 128 Å². The molecule has 0 aliphatic heterocycles. The van der Waals surface area contributed by atoms with Crippen LogP contribution in [0.5, 0.6) is 0 Å². The van der Waals surface area contributed by atoms with Gasteiger partial charge in [-0.2, -0.15) is 0 Å². The molecule has 0 aromatic heterocycles. The van der Waals surface area contributed by atoms with Gasteiger partial charge in [-0.25, -0.2) is 13.6 Å². The van der Waals surface area contributed by atoms with E-state index >= 15 is 0 Å². The minimum atomic E-state index is -3.85. The van der Waals surface area contributed by atoms with E-state index in [0.717, 1.165) is 25.7 Å². The van der Waals surface area contributed by atoms with E-state index in [9.17, 15) is 13.2 Å². The highest BCUT2D eigenvalue weighted by Gasteiger charge is 2.28. The molecule has 116 valence electrons. The molecule has 1 fully saturated rings. The third-order valence-corrected chi connectivity index (χ3v) is 4.92. The summed E-state index contributed by atoms with van der Waals surface area (Å²) in [6.45, 7) is 0. The molecule has 1 aliphatic rings.